The van der Waals surface area contributed by atoms with Crippen LogP contribution in [-0.2, 0) is 5.41 Å². The number of nitrogens with one attached hydrogen (secondary N) is 1. The molecule has 4 nitrogen and oxygen atoms in total. The van der Waals surface area contributed by atoms with Crippen LogP contribution in [0.4, 0.5) is 0 Å². The molecular weight excluding hydrogens is 216 g/mol. The molecule has 0 aliphatic rings. The van der Waals surface area contributed by atoms with Crippen molar-refractivity contribution in [3.8, 4) is 11.6 Å². The van der Waals surface area contributed by atoms with Crippen LogP contribution < -0.4 is 5.56 Å². The lowest BCUT2D eigenvalue weighted by atomic mass is 9.92. The quantitative estimate of drug-likeness (QED) is 0.822. The van der Waals surface area contributed by atoms with Crippen molar-refractivity contribution in [2.75, 3.05) is 0 Å². The van der Waals surface area contributed by atoms with E-state index in [4.69, 9.17) is 4.42 Å². The molecule has 2 aromatic rings. The summed E-state index contributed by atoms with van der Waals surface area (Å²) in [6.07, 6.45) is 1.59. The topological polar surface area (TPSA) is 58.9 Å². The number of aryl methyl sites for hydroxylation is 1. The Kier molecular flexibility index (Phi) is 2.65. The number of furan rings is 1. The molecule has 2 heterocycles. The standard InChI is InChI=1S/C13H16N2O2/c1-8-5-6-17-11(8)12-14-9(13(2,3)4)7-10(16)15-12/h5-7H,1-4H3,(H,14,15,16). The minimum Gasteiger partial charge on any atom is -0.461 e. The fraction of sp³-hybridized carbons (Fsp3) is 0.385. The number of hydrogen-bond donors (Lipinski definition) is 1. The summed E-state index contributed by atoms with van der Waals surface area (Å²) in [5.41, 5.74) is 1.39. The maximum absolute atomic E-state index is 11.6. The summed E-state index contributed by atoms with van der Waals surface area (Å²) in [5, 5.41) is 0. The zero-order valence-electron chi connectivity index (χ0n) is 10.5. The molecule has 0 aromatic carbocycles. The van der Waals surface area contributed by atoms with Gasteiger partial charge in [-0.15, -0.1) is 0 Å². The Hall–Kier alpha value is -1.84. The first kappa shape index (κ1) is 11.6. The summed E-state index contributed by atoms with van der Waals surface area (Å²) in [7, 11) is 0. The zero-order chi connectivity index (χ0) is 12.6. The lowest BCUT2D eigenvalue weighted by Crippen LogP contribution is -2.19. The van der Waals surface area contributed by atoms with E-state index in [0.717, 1.165) is 11.3 Å². The molecule has 1 N–H and O–H groups in total. The highest BCUT2D eigenvalue weighted by Gasteiger charge is 2.18. The SMILES string of the molecule is Cc1ccoc1-c1nc(C(C)(C)C)cc(=O)[nH]1. The molecule has 0 fully saturated rings. The van der Waals surface area contributed by atoms with E-state index in [1.54, 1.807) is 6.26 Å². The van der Waals surface area contributed by atoms with E-state index in [-0.39, 0.29) is 11.0 Å². The predicted octanol–water partition coefficient (Wildman–Crippen LogP) is 2.64. The van der Waals surface area contributed by atoms with E-state index < -0.39 is 0 Å². The van der Waals surface area contributed by atoms with Gasteiger partial charge in [0.05, 0.1) is 12.0 Å². The van der Waals surface area contributed by atoms with Crippen molar-refractivity contribution in [2.24, 2.45) is 0 Å². The van der Waals surface area contributed by atoms with Gasteiger partial charge in [-0.25, -0.2) is 4.98 Å². The van der Waals surface area contributed by atoms with Gasteiger partial charge in [-0.05, 0) is 18.6 Å². The van der Waals surface area contributed by atoms with E-state index in [9.17, 15) is 4.79 Å². The molecule has 0 bridgehead atoms. The Morgan fingerprint density at radius 1 is 1.35 bits per heavy atom. The van der Waals surface area contributed by atoms with E-state index in [1.807, 2.05) is 33.8 Å². The van der Waals surface area contributed by atoms with Gasteiger partial charge in [-0.1, -0.05) is 20.8 Å². The van der Waals surface area contributed by atoms with E-state index in [2.05, 4.69) is 9.97 Å². The molecule has 0 amide bonds. The molecule has 0 spiro atoms. The summed E-state index contributed by atoms with van der Waals surface area (Å²) in [6.45, 7) is 7.98. The first-order valence-corrected chi connectivity index (χ1v) is 5.54. The lowest BCUT2D eigenvalue weighted by Gasteiger charge is -2.17. The number of nitrogens with zero attached hydrogens (tertiary/aromatic N) is 1. The first-order chi connectivity index (χ1) is 7.88. The third-order valence-electron chi connectivity index (χ3n) is 2.59. The minimum absolute atomic E-state index is 0.157. The number of aromatic nitrogens is 2. The van der Waals surface area contributed by atoms with Gasteiger partial charge in [0.1, 0.15) is 0 Å². The van der Waals surface area contributed by atoms with Crippen LogP contribution in [-0.4, -0.2) is 9.97 Å². The van der Waals surface area contributed by atoms with E-state index in [0.29, 0.717) is 11.6 Å². The Bertz CT molecular complexity index is 588. The molecule has 17 heavy (non-hydrogen) atoms. The van der Waals surface area contributed by atoms with Crippen molar-refractivity contribution in [1.29, 1.82) is 0 Å². The molecule has 90 valence electrons. The van der Waals surface area contributed by atoms with Gasteiger partial charge >= 0.3 is 0 Å². The molecule has 0 saturated carbocycles. The summed E-state index contributed by atoms with van der Waals surface area (Å²) in [4.78, 5) is 18.8. The van der Waals surface area contributed by atoms with Gasteiger partial charge in [-0.2, -0.15) is 0 Å². The van der Waals surface area contributed by atoms with Gasteiger partial charge in [-0.3, -0.25) is 4.79 Å². The Labute approximate surface area is 99.7 Å². The molecule has 0 atom stereocenters. The predicted molar refractivity (Wildman–Crippen MR) is 66.0 cm³/mol. The second kappa shape index (κ2) is 3.87. The smallest absolute Gasteiger partial charge is 0.251 e. The summed E-state index contributed by atoms with van der Waals surface area (Å²) in [5.74, 6) is 1.11. The van der Waals surface area contributed by atoms with E-state index in [1.165, 1.54) is 6.07 Å². The number of hydrogen-bond acceptors (Lipinski definition) is 3. The Morgan fingerprint density at radius 3 is 2.59 bits per heavy atom. The molecule has 0 aliphatic heterocycles. The number of H-pyrrole nitrogens is 1. The molecule has 2 aromatic heterocycles. The van der Waals surface area contributed by atoms with Gasteiger partial charge in [0, 0.05) is 11.5 Å². The highest BCUT2D eigenvalue weighted by molar-refractivity contribution is 5.51. The van der Waals surface area contributed by atoms with Crippen molar-refractivity contribution in [3.63, 3.8) is 0 Å². The van der Waals surface area contributed by atoms with Crippen LogP contribution in [0.25, 0.3) is 11.6 Å². The second-order valence-electron chi connectivity index (χ2n) is 5.16. The van der Waals surface area contributed by atoms with Crippen LogP contribution in [0.3, 0.4) is 0 Å². The summed E-state index contributed by atoms with van der Waals surface area (Å²) < 4.78 is 5.34. The zero-order valence-corrected chi connectivity index (χ0v) is 10.5. The fourth-order valence-corrected chi connectivity index (χ4v) is 1.56. The van der Waals surface area contributed by atoms with Crippen molar-refractivity contribution in [1.82, 2.24) is 9.97 Å². The number of rotatable bonds is 1. The maximum Gasteiger partial charge on any atom is 0.251 e. The Balaban J connectivity index is 2.61. The van der Waals surface area contributed by atoms with Crippen LogP contribution in [0, 0.1) is 6.92 Å². The molecule has 2 rings (SSSR count). The third kappa shape index (κ3) is 2.30. The molecule has 0 unspecified atom stereocenters. The van der Waals surface area contributed by atoms with Crippen molar-refractivity contribution < 1.29 is 4.42 Å². The van der Waals surface area contributed by atoms with Crippen molar-refractivity contribution in [3.05, 3.63) is 40.0 Å². The Morgan fingerprint density at radius 2 is 2.06 bits per heavy atom. The van der Waals surface area contributed by atoms with Crippen LogP contribution in [0.1, 0.15) is 32.0 Å². The van der Waals surface area contributed by atoms with Gasteiger partial charge < -0.3 is 9.40 Å². The van der Waals surface area contributed by atoms with Gasteiger partial charge in [0.15, 0.2) is 11.6 Å². The molecular formula is C13H16N2O2. The average molecular weight is 232 g/mol. The van der Waals surface area contributed by atoms with Crippen LogP contribution in [0.15, 0.2) is 27.6 Å². The molecule has 0 saturated heterocycles. The summed E-state index contributed by atoms with van der Waals surface area (Å²) >= 11 is 0. The van der Waals surface area contributed by atoms with Gasteiger partial charge in [0.2, 0.25) is 0 Å². The summed E-state index contributed by atoms with van der Waals surface area (Å²) in [6, 6.07) is 3.38. The highest BCUT2D eigenvalue weighted by atomic mass is 16.3. The van der Waals surface area contributed by atoms with Crippen molar-refractivity contribution >= 4 is 0 Å². The maximum atomic E-state index is 11.6. The molecule has 0 aliphatic carbocycles. The average Bonchev–Trinajstić information content (AvgIpc) is 2.62. The second-order valence-corrected chi connectivity index (χ2v) is 5.16. The molecule has 0 radical (unpaired) electrons. The fourth-order valence-electron chi connectivity index (χ4n) is 1.56. The largest absolute Gasteiger partial charge is 0.461 e. The number of aromatic amines is 1. The monoisotopic (exact) mass is 232 g/mol. The van der Waals surface area contributed by atoms with E-state index >= 15 is 0 Å². The van der Waals surface area contributed by atoms with Crippen LogP contribution >= 0.6 is 0 Å². The minimum atomic E-state index is -0.163. The first-order valence-electron chi connectivity index (χ1n) is 5.54. The van der Waals surface area contributed by atoms with Crippen LogP contribution in [0.5, 0.6) is 0 Å². The van der Waals surface area contributed by atoms with Crippen molar-refractivity contribution in [2.45, 2.75) is 33.1 Å². The molecule has 4 heteroatoms. The van der Waals surface area contributed by atoms with Crippen LogP contribution in [0.2, 0.25) is 0 Å². The lowest BCUT2D eigenvalue weighted by molar-refractivity contribution is 0.555. The van der Waals surface area contributed by atoms with Gasteiger partial charge in [0.25, 0.3) is 5.56 Å². The third-order valence-corrected chi connectivity index (χ3v) is 2.59. The normalized spacial score (nSPS) is 11.8. The highest BCUT2D eigenvalue weighted by Crippen LogP contribution is 2.23.